The number of hydrogen-bond donors (Lipinski definition) is 3. The van der Waals surface area contributed by atoms with Crippen LogP contribution in [0.3, 0.4) is 0 Å². The minimum Gasteiger partial charge on any atom is -0.480 e. The van der Waals surface area contributed by atoms with Gasteiger partial charge in [0.15, 0.2) is 0 Å². The Labute approximate surface area is 115 Å². The van der Waals surface area contributed by atoms with E-state index in [1.807, 2.05) is 0 Å². The van der Waals surface area contributed by atoms with Crippen LogP contribution in [0.1, 0.15) is 53.4 Å². The number of hydrogen-bond acceptors (Lipinski definition) is 2. The third kappa shape index (κ3) is 4.11. The summed E-state index contributed by atoms with van der Waals surface area (Å²) in [6, 6.07) is -0.232. The smallest absolute Gasteiger partial charge is 0.329 e. The minimum atomic E-state index is -1.20. The number of carbonyl (C=O) groups is 2. The monoisotopic (exact) mass is 270 g/mol. The zero-order chi connectivity index (χ0) is 14.6. The van der Waals surface area contributed by atoms with Crippen LogP contribution in [-0.4, -0.2) is 28.7 Å². The molecular formula is C14H26N2O3. The molecule has 110 valence electrons. The number of rotatable bonds is 4. The lowest BCUT2D eigenvalue weighted by Crippen LogP contribution is -2.57. The zero-order valence-corrected chi connectivity index (χ0v) is 12.3. The van der Waals surface area contributed by atoms with Gasteiger partial charge in [-0.05, 0) is 44.4 Å². The molecule has 0 saturated heterocycles. The summed E-state index contributed by atoms with van der Waals surface area (Å²) in [5, 5.41) is 14.6. The van der Waals surface area contributed by atoms with Crippen molar-refractivity contribution >= 4 is 12.0 Å². The van der Waals surface area contributed by atoms with Crippen LogP contribution >= 0.6 is 0 Å². The van der Waals surface area contributed by atoms with E-state index >= 15 is 0 Å². The quantitative estimate of drug-likeness (QED) is 0.733. The Kier molecular flexibility index (Phi) is 5.20. The standard InChI is InChI=1S/C14H26N2O3/c1-5-14(4,12(17)18)16-13(19)15-11-7-6-9(2)8-10(11)3/h9-11H,5-8H2,1-4H3,(H,17,18)(H2,15,16,19). The number of carboxylic acids is 1. The molecule has 4 atom stereocenters. The van der Waals surface area contributed by atoms with Gasteiger partial charge in [0.25, 0.3) is 0 Å². The molecule has 0 heterocycles. The average molecular weight is 270 g/mol. The number of amides is 2. The van der Waals surface area contributed by atoms with Crippen LogP contribution in [0.2, 0.25) is 0 Å². The molecule has 5 heteroatoms. The summed E-state index contributed by atoms with van der Waals surface area (Å²) in [4.78, 5) is 23.1. The van der Waals surface area contributed by atoms with Gasteiger partial charge in [0.1, 0.15) is 5.54 Å². The van der Waals surface area contributed by atoms with Crippen LogP contribution < -0.4 is 10.6 Å². The van der Waals surface area contributed by atoms with Gasteiger partial charge in [0.2, 0.25) is 0 Å². The molecular weight excluding hydrogens is 244 g/mol. The first-order valence-corrected chi connectivity index (χ1v) is 7.10. The summed E-state index contributed by atoms with van der Waals surface area (Å²) in [7, 11) is 0. The Morgan fingerprint density at radius 2 is 1.95 bits per heavy atom. The summed E-state index contributed by atoms with van der Waals surface area (Å²) < 4.78 is 0. The van der Waals surface area contributed by atoms with Gasteiger partial charge >= 0.3 is 12.0 Å². The highest BCUT2D eigenvalue weighted by atomic mass is 16.4. The van der Waals surface area contributed by atoms with Gasteiger partial charge < -0.3 is 15.7 Å². The van der Waals surface area contributed by atoms with Gasteiger partial charge in [0, 0.05) is 6.04 Å². The summed E-state index contributed by atoms with van der Waals surface area (Å²) in [6.45, 7) is 7.64. The van der Waals surface area contributed by atoms with E-state index in [0.29, 0.717) is 18.3 Å². The van der Waals surface area contributed by atoms with Gasteiger partial charge in [-0.2, -0.15) is 0 Å². The van der Waals surface area contributed by atoms with Crippen molar-refractivity contribution in [2.75, 3.05) is 0 Å². The van der Waals surface area contributed by atoms with Crippen molar-refractivity contribution in [3.63, 3.8) is 0 Å². The summed E-state index contributed by atoms with van der Waals surface area (Å²) >= 11 is 0. The maximum atomic E-state index is 11.9. The molecule has 1 fully saturated rings. The van der Waals surface area contributed by atoms with Crippen molar-refractivity contribution in [2.45, 2.75) is 65.0 Å². The Hall–Kier alpha value is -1.26. The molecule has 0 radical (unpaired) electrons. The summed E-state index contributed by atoms with van der Waals surface area (Å²) in [5.74, 6) is 0.138. The van der Waals surface area contributed by atoms with E-state index in [1.165, 1.54) is 6.92 Å². The Morgan fingerprint density at radius 3 is 2.42 bits per heavy atom. The molecule has 0 spiro atoms. The highest BCUT2D eigenvalue weighted by Gasteiger charge is 2.34. The van der Waals surface area contributed by atoms with Crippen molar-refractivity contribution in [1.82, 2.24) is 10.6 Å². The third-order valence-corrected chi connectivity index (χ3v) is 4.32. The van der Waals surface area contributed by atoms with Crippen molar-refractivity contribution in [3.8, 4) is 0 Å². The molecule has 0 aromatic rings. The molecule has 19 heavy (non-hydrogen) atoms. The molecule has 4 unspecified atom stereocenters. The van der Waals surface area contributed by atoms with Gasteiger partial charge in [0.05, 0.1) is 0 Å². The predicted molar refractivity (Wildman–Crippen MR) is 74.0 cm³/mol. The van der Waals surface area contributed by atoms with Crippen LogP contribution in [0.25, 0.3) is 0 Å². The topological polar surface area (TPSA) is 78.4 Å². The molecule has 0 aliphatic heterocycles. The van der Waals surface area contributed by atoms with Gasteiger partial charge in [-0.25, -0.2) is 9.59 Å². The Balaban J connectivity index is 2.53. The Morgan fingerprint density at radius 1 is 1.32 bits per heavy atom. The van der Waals surface area contributed by atoms with Crippen molar-refractivity contribution < 1.29 is 14.7 Å². The molecule has 1 saturated carbocycles. The molecule has 0 bridgehead atoms. The third-order valence-electron chi connectivity index (χ3n) is 4.32. The summed E-state index contributed by atoms with van der Waals surface area (Å²) in [6.07, 6.45) is 3.53. The molecule has 3 N–H and O–H groups in total. The molecule has 0 aromatic heterocycles. The molecule has 2 amide bonds. The van der Waals surface area contributed by atoms with E-state index in [9.17, 15) is 9.59 Å². The number of aliphatic carboxylic acids is 1. The largest absolute Gasteiger partial charge is 0.480 e. The normalized spacial score (nSPS) is 30.2. The van der Waals surface area contributed by atoms with Crippen molar-refractivity contribution in [1.29, 1.82) is 0 Å². The number of carboxylic acid groups (broad SMARTS) is 1. The number of carbonyl (C=O) groups excluding carboxylic acids is 1. The highest BCUT2D eigenvalue weighted by Crippen LogP contribution is 2.28. The van der Waals surface area contributed by atoms with Crippen LogP contribution in [0.15, 0.2) is 0 Å². The first-order chi connectivity index (χ1) is 8.78. The average Bonchev–Trinajstić information content (AvgIpc) is 2.32. The van der Waals surface area contributed by atoms with Crippen molar-refractivity contribution in [3.05, 3.63) is 0 Å². The zero-order valence-electron chi connectivity index (χ0n) is 12.3. The predicted octanol–water partition coefficient (Wildman–Crippen LogP) is 2.36. The highest BCUT2D eigenvalue weighted by molar-refractivity contribution is 5.85. The van der Waals surface area contributed by atoms with Crippen molar-refractivity contribution in [2.24, 2.45) is 11.8 Å². The first kappa shape index (κ1) is 15.8. The lowest BCUT2D eigenvalue weighted by molar-refractivity contribution is -0.143. The van der Waals surface area contributed by atoms with Crippen LogP contribution in [-0.2, 0) is 4.79 Å². The Bertz CT molecular complexity index is 346. The lowest BCUT2D eigenvalue weighted by Gasteiger charge is -2.34. The van der Waals surface area contributed by atoms with Gasteiger partial charge in [-0.1, -0.05) is 20.8 Å². The molecule has 5 nitrogen and oxygen atoms in total. The van der Waals surface area contributed by atoms with E-state index in [2.05, 4.69) is 24.5 Å². The van der Waals surface area contributed by atoms with Crippen LogP contribution in [0.5, 0.6) is 0 Å². The fourth-order valence-electron chi connectivity index (χ4n) is 2.63. The summed E-state index contributed by atoms with van der Waals surface area (Å²) in [5.41, 5.74) is -1.20. The maximum Gasteiger partial charge on any atom is 0.329 e. The van der Waals surface area contributed by atoms with E-state index < -0.39 is 11.5 Å². The van der Waals surface area contributed by atoms with Gasteiger partial charge in [-0.3, -0.25) is 0 Å². The van der Waals surface area contributed by atoms with E-state index in [4.69, 9.17) is 5.11 Å². The second kappa shape index (κ2) is 6.26. The fourth-order valence-corrected chi connectivity index (χ4v) is 2.63. The van der Waals surface area contributed by atoms with Crippen LogP contribution in [0, 0.1) is 11.8 Å². The van der Waals surface area contributed by atoms with E-state index in [0.717, 1.165) is 19.3 Å². The SMILES string of the molecule is CCC(C)(NC(=O)NC1CCC(C)CC1C)C(=O)O. The minimum absolute atomic E-state index is 0.145. The molecule has 1 aliphatic carbocycles. The second-order valence-corrected chi connectivity index (χ2v) is 6.09. The van der Waals surface area contributed by atoms with E-state index in [-0.39, 0.29) is 12.1 Å². The second-order valence-electron chi connectivity index (χ2n) is 6.09. The fraction of sp³-hybridized carbons (Fsp3) is 0.857. The molecule has 1 aliphatic rings. The first-order valence-electron chi connectivity index (χ1n) is 7.10. The van der Waals surface area contributed by atoms with E-state index in [1.54, 1.807) is 6.92 Å². The van der Waals surface area contributed by atoms with Gasteiger partial charge in [-0.15, -0.1) is 0 Å². The molecule has 1 rings (SSSR count). The number of urea groups is 1. The maximum absolute atomic E-state index is 11.9. The lowest BCUT2D eigenvalue weighted by atomic mass is 9.80. The van der Waals surface area contributed by atoms with Crippen LogP contribution in [0.4, 0.5) is 4.79 Å². The number of nitrogens with one attached hydrogen (secondary N) is 2. The molecule has 0 aromatic carbocycles.